The number of benzene rings is 1. The maximum absolute atomic E-state index is 11.6. The van der Waals surface area contributed by atoms with Crippen LogP contribution in [0.3, 0.4) is 0 Å². The van der Waals surface area contributed by atoms with Crippen molar-refractivity contribution in [3.05, 3.63) is 35.9 Å². The highest BCUT2D eigenvalue weighted by atomic mass is 16.5. The number of hydrogen-bond donors (Lipinski definition) is 3. The molecule has 1 rings (SSSR count). The second-order valence-electron chi connectivity index (χ2n) is 4.73. The third kappa shape index (κ3) is 5.28. The van der Waals surface area contributed by atoms with Crippen LogP contribution in [-0.2, 0) is 11.3 Å². The molecule has 0 bridgehead atoms. The average molecular weight is 267 g/mol. The number of rotatable bonds is 6. The first kappa shape index (κ1) is 15.5. The molecule has 0 fully saturated rings. The number of aliphatic hydroxyl groups excluding tert-OH is 2. The lowest BCUT2D eigenvalue weighted by Gasteiger charge is -2.24. The number of alkyl carbamates (subject to hydrolysis) is 1. The van der Waals surface area contributed by atoms with Crippen molar-refractivity contribution in [2.75, 3.05) is 6.61 Å². The zero-order valence-electron chi connectivity index (χ0n) is 11.2. The molecule has 0 unspecified atom stereocenters. The van der Waals surface area contributed by atoms with E-state index in [1.54, 1.807) is 0 Å². The van der Waals surface area contributed by atoms with E-state index in [1.807, 2.05) is 44.2 Å². The zero-order chi connectivity index (χ0) is 14.3. The molecule has 0 spiro atoms. The third-order valence-electron chi connectivity index (χ3n) is 2.81. The van der Waals surface area contributed by atoms with Crippen molar-refractivity contribution in [2.24, 2.45) is 5.92 Å². The predicted octanol–water partition coefficient (Wildman–Crippen LogP) is 1.29. The van der Waals surface area contributed by atoms with E-state index in [1.165, 1.54) is 0 Å². The summed E-state index contributed by atoms with van der Waals surface area (Å²) in [4.78, 5) is 11.6. The van der Waals surface area contributed by atoms with E-state index in [0.29, 0.717) is 0 Å². The summed E-state index contributed by atoms with van der Waals surface area (Å²) in [5.74, 6) is -0.0634. The number of nitrogens with one attached hydrogen (secondary N) is 1. The molecular weight excluding hydrogens is 246 g/mol. The summed E-state index contributed by atoms with van der Waals surface area (Å²) in [5.41, 5.74) is 0.877. The van der Waals surface area contributed by atoms with Crippen molar-refractivity contribution in [1.82, 2.24) is 5.32 Å². The second-order valence-corrected chi connectivity index (χ2v) is 4.73. The van der Waals surface area contributed by atoms with Crippen LogP contribution in [0, 0.1) is 5.92 Å². The minimum Gasteiger partial charge on any atom is -0.445 e. The van der Waals surface area contributed by atoms with Gasteiger partial charge in [0.05, 0.1) is 18.8 Å². The Morgan fingerprint density at radius 1 is 1.32 bits per heavy atom. The summed E-state index contributed by atoms with van der Waals surface area (Å²) in [6.07, 6.45) is -1.46. The Labute approximate surface area is 113 Å². The quantitative estimate of drug-likeness (QED) is 0.725. The van der Waals surface area contributed by atoms with Gasteiger partial charge < -0.3 is 20.3 Å². The molecule has 0 heterocycles. The monoisotopic (exact) mass is 267 g/mol. The van der Waals surface area contributed by atoms with E-state index in [9.17, 15) is 9.90 Å². The minimum absolute atomic E-state index is 0.0634. The molecule has 106 valence electrons. The fourth-order valence-electron chi connectivity index (χ4n) is 1.62. The molecule has 1 aromatic carbocycles. The summed E-state index contributed by atoms with van der Waals surface area (Å²) < 4.78 is 5.02. The Kier molecular flexibility index (Phi) is 6.32. The average Bonchev–Trinajstić information content (AvgIpc) is 2.42. The maximum Gasteiger partial charge on any atom is 0.407 e. The molecule has 0 radical (unpaired) electrons. The highest BCUT2D eigenvalue weighted by molar-refractivity contribution is 5.67. The molecule has 0 aliphatic rings. The maximum atomic E-state index is 11.6. The number of hydrogen-bond acceptors (Lipinski definition) is 4. The van der Waals surface area contributed by atoms with Gasteiger partial charge in [-0.3, -0.25) is 0 Å². The van der Waals surface area contributed by atoms with Gasteiger partial charge in [0, 0.05) is 0 Å². The van der Waals surface area contributed by atoms with Crippen molar-refractivity contribution in [3.8, 4) is 0 Å². The van der Waals surface area contributed by atoms with Gasteiger partial charge in [-0.05, 0) is 11.5 Å². The fraction of sp³-hybridized carbons (Fsp3) is 0.500. The van der Waals surface area contributed by atoms with Gasteiger partial charge in [0.1, 0.15) is 6.61 Å². The number of ether oxygens (including phenoxy) is 1. The molecule has 3 N–H and O–H groups in total. The van der Waals surface area contributed by atoms with Crippen molar-refractivity contribution < 1.29 is 19.7 Å². The predicted molar refractivity (Wildman–Crippen MR) is 71.5 cm³/mol. The van der Waals surface area contributed by atoms with Gasteiger partial charge in [0.25, 0.3) is 0 Å². The lowest BCUT2D eigenvalue weighted by atomic mass is 10.0. The molecule has 0 aromatic heterocycles. The van der Waals surface area contributed by atoms with Gasteiger partial charge in [0.15, 0.2) is 0 Å². The standard InChI is InChI=1S/C14H21NO4/c1-10(2)13(17)12(8-16)15-14(18)19-9-11-6-4-3-5-7-11/h3-7,10,12-13,16-17H,8-9H2,1-2H3,(H,15,18)/t12-,13+/m1/s1. The van der Waals surface area contributed by atoms with E-state index in [-0.39, 0.29) is 19.1 Å². The lowest BCUT2D eigenvalue weighted by Crippen LogP contribution is -2.48. The Hall–Kier alpha value is -1.59. The summed E-state index contributed by atoms with van der Waals surface area (Å²) >= 11 is 0. The van der Waals surface area contributed by atoms with Gasteiger partial charge in [-0.25, -0.2) is 4.79 Å². The van der Waals surface area contributed by atoms with Gasteiger partial charge in [-0.1, -0.05) is 44.2 Å². The number of amides is 1. The van der Waals surface area contributed by atoms with Gasteiger partial charge in [-0.15, -0.1) is 0 Å². The van der Waals surface area contributed by atoms with Crippen LogP contribution in [0.4, 0.5) is 4.79 Å². The van der Waals surface area contributed by atoms with Gasteiger partial charge >= 0.3 is 6.09 Å². The summed E-state index contributed by atoms with van der Waals surface area (Å²) in [6, 6.07) is 8.57. The largest absolute Gasteiger partial charge is 0.445 e. The first-order valence-electron chi connectivity index (χ1n) is 6.30. The number of carbonyl (C=O) groups excluding carboxylic acids is 1. The van der Waals surface area contributed by atoms with Gasteiger partial charge in [0.2, 0.25) is 0 Å². The zero-order valence-corrected chi connectivity index (χ0v) is 11.2. The van der Waals surface area contributed by atoms with E-state index < -0.39 is 18.2 Å². The molecule has 2 atom stereocenters. The van der Waals surface area contributed by atoms with E-state index >= 15 is 0 Å². The van der Waals surface area contributed by atoms with Crippen LogP contribution in [0.1, 0.15) is 19.4 Å². The van der Waals surface area contributed by atoms with Crippen molar-refractivity contribution in [3.63, 3.8) is 0 Å². The molecule has 1 aromatic rings. The molecule has 0 aliphatic carbocycles. The molecular formula is C14H21NO4. The third-order valence-corrected chi connectivity index (χ3v) is 2.81. The SMILES string of the molecule is CC(C)[C@H](O)[C@@H](CO)NC(=O)OCc1ccccc1. The van der Waals surface area contributed by atoms with E-state index in [2.05, 4.69) is 5.32 Å². The molecule has 5 nitrogen and oxygen atoms in total. The van der Waals surface area contributed by atoms with Crippen molar-refractivity contribution >= 4 is 6.09 Å². The molecule has 19 heavy (non-hydrogen) atoms. The molecule has 0 saturated carbocycles. The van der Waals surface area contributed by atoms with Crippen LogP contribution < -0.4 is 5.32 Å². The summed E-state index contributed by atoms with van der Waals surface area (Å²) in [6.45, 7) is 3.44. The molecule has 0 saturated heterocycles. The highest BCUT2D eigenvalue weighted by Crippen LogP contribution is 2.07. The number of carbonyl (C=O) groups is 1. The van der Waals surface area contributed by atoms with E-state index in [4.69, 9.17) is 9.84 Å². The summed E-state index contributed by atoms with van der Waals surface area (Å²) in [5, 5.41) is 21.4. The first-order chi connectivity index (χ1) is 9.04. The Morgan fingerprint density at radius 2 is 1.95 bits per heavy atom. The Bertz CT molecular complexity index is 380. The lowest BCUT2D eigenvalue weighted by molar-refractivity contribution is 0.0495. The van der Waals surface area contributed by atoms with Gasteiger partial charge in [-0.2, -0.15) is 0 Å². The van der Waals surface area contributed by atoms with Crippen LogP contribution in [0.5, 0.6) is 0 Å². The molecule has 1 amide bonds. The van der Waals surface area contributed by atoms with Crippen LogP contribution in [0.25, 0.3) is 0 Å². The fourth-order valence-corrected chi connectivity index (χ4v) is 1.62. The smallest absolute Gasteiger partial charge is 0.407 e. The van der Waals surface area contributed by atoms with E-state index in [0.717, 1.165) is 5.56 Å². The summed E-state index contributed by atoms with van der Waals surface area (Å²) in [7, 11) is 0. The van der Waals surface area contributed by atoms with Crippen LogP contribution >= 0.6 is 0 Å². The topological polar surface area (TPSA) is 78.8 Å². The van der Waals surface area contributed by atoms with Crippen LogP contribution in [0.2, 0.25) is 0 Å². The van der Waals surface area contributed by atoms with Crippen LogP contribution in [0.15, 0.2) is 30.3 Å². The Morgan fingerprint density at radius 3 is 2.47 bits per heavy atom. The first-order valence-corrected chi connectivity index (χ1v) is 6.30. The van der Waals surface area contributed by atoms with Crippen molar-refractivity contribution in [2.45, 2.75) is 32.6 Å². The van der Waals surface area contributed by atoms with Crippen molar-refractivity contribution in [1.29, 1.82) is 0 Å². The second kappa shape index (κ2) is 7.76. The molecule has 5 heteroatoms. The van der Waals surface area contributed by atoms with Crippen LogP contribution in [-0.4, -0.2) is 35.1 Å². The Balaban J connectivity index is 2.41. The number of aliphatic hydroxyl groups is 2. The minimum atomic E-state index is -0.811. The molecule has 0 aliphatic heterocycles. The normalized spacial score (nSPS) is 13.9. The highest BCUT2D eigenvalue weighted by Gasteiger charge is 2.23.